The van der Waals surface area contributed by atoms with Crippen molar-refractivity contribution in [2.75, 3.05) is 19.3 Å². The summed E-state index contributed by atoms with van der Waals surface area (Å²) in [6, 6.07) is 6.42. The number of likely N-dealkylation sites (tertiary alicyclic amines) is 1. The molecule has 1 N–H and O–H groups in total. The van der Waals surface area contributed by atoms with Gasteiger partial charge in [-0.25, -0.2) is 8.42 Å². The third-order valence-electron chi connectivity index (χ3n) is 4.61. The lowest BCUT2D eigenvalue weighted by atomic mass is 9.89. The highest BCUT2D eigenvalue weighted by Crippen LogP contribution is 2.30. The highest BCUT2D eigenvalue weighted by Gasteiger charge is 2.28. The van der Waals surface area contributed by atoms with Crippen LogP contribution < -0.4 is 0 Å². The molecule has 0 spiro atoms. The molecule has 0 unspecified atom stereocenters. The molecule has 2 heterocycles. The van der Waals surface area contributed by atoms with Crippen molar-refractivity contribution in [2.45, 2.75) is 30.6 Å². The van der Waals surface area contributed by atoms with Crippen molar-refractivity contribution in [3.05, 3.63) is 47.3 Å². The SMILES string of the molecule is Cc1[nH]ncc1C1CCN(C(=O)c2ccccc2S(C)(=O)=O)CC1. The van der Waals surface area contributed by atoms with Gasteiger partial charge in [-0.05, 0) is 43.4 Å². The monoisotopic (exact) mass is 347 g/mol. The predicted molar refractivity (Wildman–Crippen MR) is 90.8 cm³/mol. The Balaban J connectivity index is 1.76. The Hall–Kier alpha value is -2.15. The average molecular weight is 347 g/mol. The van der Waals surface area contributed by atoms with Gasteiger partial charge in [-0.2, -0.15) is 5.10 Å². The van der Waals surface area contributed by atoms with E-state index < -0.39 is 9.84 Å². The number of piperidine rings is 1. The molecule has 24 heavy (non-hydrogen) atoms. The van der Waals surface area contributed by atoms with Crippen molar-refractivity contribution in [3.63, 3.8) is 0 Å². The number of nitrogens with one attached hydrogen (secondary N) is 1. The van der Waals surface area contributed by atoms with Crippen LogP contribution in [0.4, 0.5) is 0 Å². The Kier molecular flexibility index (Phi) is 4.45. The van der Waals surface area contributed by atoms with Crippen LogP contribution in [0.5, 0.6) is 0 Å². The molecule has 0 atom stereocenters. The van der Waals surface area contributed by atoms with Crippen molar-refractivity contribution in [3.8, 4) is 0 Å². The van der Waals surface area contributed by atoms with Crippen LogP contribution in [-0.4, -0.2) is 48.8 Å². The van der Waals surface area contributed by atoms with Gasteiger partial charge in [0.1, 0.15) is 0 Å². The molecule has 0 aliphatic carbocycles. The highest BCUT2D eigenvalue weighted by molar-refractivity contribution is 7.90. The fraction of sp³-hybridized carbons (Fsp3) is 0.412. The third kappa shape index (κ3) is 3.21. The minimum atomic E-state index is -3.43. The molecule has 1 aromatic carbocycles. The second-order valence-corrected chi connectivity index (χ2v) is 8.27. The van der Waals surface area contributed by atoms with Gasteiger partial charge in [-0.1, -0.05) is 12.1 Å². The van der Waals surface area contributed by atoms with Gasteiger partial charge < -0.3 is 4.90 Å². The molecule has 1 aliphatic rings. The number of hydrogen-bond acceptors (Lipinski definition) is 4. The first-order chi connectivity index (χ1) is 11.4. The predicted octanol–water partition coefficient (Wildman–Crippen LogP) is 2.14. The van der Waals surface area contributed by atoms with Gasteiger partial charge in [0.25, 0.3) is 5.91 Å². The zero-order chi connectivity index (χ0) is 17.3. The molecule has 7 heteroatoms. The number of aromatic nitrogens is 2. The van der Waals surface area contributed by atoms with Crippen molar-refractivity contribution in [2.24, 2.45) is 0 Å². The smallest absolute Gasteiger partial charge is 0.255 e. The van der Waals surface area contributed by atoms with Gasteiger partial charge in [0.05, 0.1) is 16.7 Å². The maximum Gasteiger partial charge on any atom is 0.255 e. The number of carbonyl (C=O) groups is 1. The van der Waals surface area contributed by atoms with Gasteiger partial charge in [0.2, 0.25) is 0 Å². The van der Waals surface area contributed by atoms with Crippen molar-refractivity contribution in [1.29, 1.82) is 0 Å². The molecule has 2 aromatic rings. The number of nitrogens with zero attached hydrogens (tertiary/aromatic N) is 2. The Bertz CT molecular complexity index is 849. The van der Waals surface area contributed by atoms with E-state index in [4.69, 9.17) is 0 Å². The zero-order valence-electron chi connectivity index (χ0n) is 13.8. The first-order valence-electron chi connectivity index (χ1n) is 7.96. The lowest BCUT2D eigenvalue weighted by Gasteiger charge is -2.32. The first-order valence-corrected chi connectivity index (χ1v) is 9.85. The quantitative estimate of drug-likeness (QED) is 0.922. The lowest BCUT2D eigenvalue weighted by Crippen LogP contribution is -2.38. The molecule has 1 saturated heterocycles. The fourth-order valence-corrected chi connectivity index (χ4v) is 4.18. The summed E-state index contributed by atoms with van der Waals surface area (Å²) in [5.74, 6) is 0.177. The van der Waals surface area contributed by atoms with Crippen LogP contribution in [0.15, 0.2) is 35.4 Å². The van der Waals surface area contributed by atoms with Gasteiger partial charge in [0.15, 0.2) is 9.84 Å². The minimum absolute atomic E-state index is 0.0998. The van der Waals surface area contributed by atoms with Gasteiger partial charge in [-0.15, -0.1) is 0 Å². The normalized spacial score (nSPS) is 16.3. The molecule has 1 aromatic heterocycles. The maximum atomic E-state index is 12.8. The zero-order valence-corrected chi connectivity index (χ0v) is 14.6. The van der Waals surface area contributed by atoms with Crippen molar-refractivity contribution < 1.29 is 13.2 Å². The van der Waals surface area contributed by atoms with Crippen LogP contribution in [0, 0.1) is 6.92 Å². The standard InChI is InChI=1S/C17H21N3O3S/c1-12-15(11-18-19-12)13-7-9-20(10-8-13)17(21)14-5-3-4-6-16(14)24(2,22)23/h3-6,11,13H,7-10H2,1-2H3,(H,18,19). The van der Waals surface area contributed by atoms with E-state index in [1.807, 2.05) is 13.1 Å². The number of amides is 1. The summed E-state index contributed by atoms with van der Waals surface area (Å²) in [6.07, 6.45) is 4.70. The lowest BCUT2D eigenvalue weighted by molar-refractivity contribution is 0.0709. The maximum absolute atomic E-state index is 12.8. The van der Waals surface area contributed by atoms with Crippen LogP contribution in [0.2, 0.25) is 0 Å². The highest BCUT2D eigenvalue weighted by atomic mass is 32.2. The number of aryl methyl sites for hydroxylation is 1. The second kappa shape index (κ2) is 6.39. The molecule has 1 amide bonds. The number of sulfone groups is 1. The summed E-state index contributed by atoms with van der Waals surface area (Å²) in [5.41, 5.74) is 2.54. The number of carbonyl (C=O) groups excluding carboxylic acids is 1. The van der Waals surface area contributed by atoms with Crippen LogP contribution in [-0.2, 0) is 9.84 Å². The summed E-state index contributed by atoms with van der Waals surface area (Å²) >= 11 is 0. The van der Waals surface area contributed by atoms with Crippen molar-refractivity contribution >= 4 is 15.7 Å². The summed E-state index contributed by atoms with van der Waals surface area (Å²) in [7, 11) is -3.43. The van der Waals surface area contributed by atoms with E-state index >= 15 is 0 Å². The Morgan fingerprint density at radius 2 is 1.92 bits per heavy atom. The first kappa shape index (κ1) is 16.7. The van der Waals surface area contributed by atoms with E-state index in [0.717, 1.165) is 24.8 Å². The largest absolute Gasteiger partial charge is 0.339 e. The molecule has 1 fully saturated rings. The van der Waals surface area contributed by atoms with E-state index in [0.29, 0.717) is 19.0 Å². The average Bonchev–Trinajstić information content (AvgIpc) is 2.99. The van der Waals surface area contributed by atoms with Crippen molar-refractivity contribution in [1.82, 2.24) is 15.1 Å². The van der Waals surface area contributed by atoms with E-state index in [9.17, 15) is 13.2 Å². The molecule has 3 rings (SSSR count). The van der Waals surface area contributed by atoms with E-state index in [-0.39, 0.29) is 16.4 Å². The van der Waals surface area contributed by atoms with Gasteiger partial charge in [-0.3, -0.25) is 9.89 Å². The van der Waals surface area contributed by atoms with Crippen LogP contribution in [0.25, 0.3) is 0 Å². The topological polar surface area (TPSA) is 83.1 Å². The van der Waals surface area contributed by atoms with Gasteiger partial charge in [0, 0.05) is 25.0 Å². The minimum Gasteiger partial charge on any atom is -0.339 e. The summed E-state index contributed by atoms with van der Waals surface area (Å²) < 4.78 is 23.8. The van der Waals surface area contributed by atoms with Crippen LogP contribution in [0.3, 0.4) is 0 Å². The number of H-pyrrole nitrogens is 1. The number of benzene rings is 1. The second-order valence-electron chi connectivity index (χ2n) is 6.29. The van der Waals surface area contributed by atoms with Crippen LogP contribution >= 0.6 is 0 Å². The molecular weight excluding hydrogens is 326 g/mol. The molecule has 0 saturated carbocycles. The van der Waals surface area contributed by atoms with E-state index in [1.165, 1.54) is 11.6 Å². The molecule has 0 bridgehead atoms. The Labute approximate surface area is 141 Å². The summed E-state index contributed by atoms with van der Waals surface area (Å²) in [4.78, 5) is 14.6. The molecular formula is C17H21N3O3S. The van der Waals surface area contributed by atoms with Gasteiger partial charge >= 0.3 is 0 Å². The number of rotatable bonds is 3. The van der Waals surface area contributed by atoms with E-state index in [1.54, 1.807) is 23.1 Å². The summed E-state index contributed by atoms with van der Waals surface area (Å²) in [5, 5.41) is 7.02. The molecule has 128 valence electrons. The molecule has 1 aliphatic heterocycles. The van der Waals surface area contributed by atoms with E-state index in [2.05, 4.69) is 10.2 Å². The molecule has 0 radical (unpaired) electrons. The number of aromatic amines is 1. The molecule has 6 nitrogen and oxygen atoms in total. The fourth-order valence-electron chi connectivity index (χ4n) is 3.30. The third-order valence-corrected chi connectivity index (χ3v) is 5.76. The van der Waals surface area contributed by atoms with Crippen LogP contribution in [0.1, 0.15) is 40.4 Å². The number of hydrogen-bond donors (Lipinski definition) is 1. The Morgan fingerprint density at radius 3 is 2.50 bits per heavy atom. The Morgan fingerprint density at radius 1 is 1.25 bits per heavy atom. The summed E-state index contributed by atoms with van der Waals surface area (Å²) in [6.45, 7) is 3.24.